The number of carboxylic acids is 1. The second-order valence-corrected chi connectivity index (χ2v) is 8.04. The number of hydrogen-bond acceptors (Lipinski definition) is 9. The van der Waals surface area contributed by atoms with Crippen LogP contribution in [0.15, 0.2) is 18.6 Å². The number of rotatable bonds is 3. The predicted octanol–water partition coefficient (Wildman–Crippen LogP) is 1.89. The lowest BCUT2D eigenvalue weighted by Crippen LogP contribution is -2.42. The molecule has 4 rings (SSSR count). The van der Waals surface area contributed by atoms with Crippen molar-refractivity contribution in [2.24, 2.45) is 5.92 Å². The van der Waals surface area contributed by atoms with Gasteiger partial charge in [0.1, 0.15) is 11.1 Å². The molecule has 1 amide bonds. The molecule has 0 radical (unpaired) electrons. The predicted molar refractivity (Wildman–Crippen MR) is 103 cm³/mol. The van der Waals surface area contributed by atoms with E-state index in [0.29, 0.717) is 11.7 Å². The number of anilines is 2. The number of alkyl halides is 3. The molecule has 4 heterocycles. The van der Waals surface area contributed by atoms with Gasteiger partial charge in [-0.05, 0) is 25.7 Å². The highest BCUT2D eigenvalue weighted by molar-refractivity contribution is 7.15. The zero-order chi connectivity index (χ0) is 22.6. The molecule has 0 aromatic carbocycles. The Bertz CT molecular complexity index is 913. The topological polar surface area (TPSA) is 130 Å². The lowest BCUT2D eigenvalue weighted by atomic mass is 9.92. The quantitative estimate of drug-likeness (QED) is 0.705. The first-order valence-corrected chi connectivity index (χ1v) is 10.0. The smallest absolute Gasteiger partial charge is 0.475 e. The summed E-state index contributed by atoms with van der Waals surface area (Å²) in [7, 11) is 0. The van der Waals surface area contributed by atoms with Crippen LogP contribution in [0.3, 0.4) is 0 Å². The molecule has 2 aromatic heterocycles. The molecule has 2 aliphatic rings. The zero-order valence-corrected chi connectivity index (χ0v) is 17.1. The number of aliphatic carboxylic acids is 1. The van der Waals surface area contributed by atoms with E-state index in [2.05, 4.69) is 30.4 Å². The Morgan fingerprint density at radius 1 is 1.32 bits per heavy atom. The third-order valence-electron chi connectivity index (χ3n) is 4.69. The van der Waals surface area contributed by atoms with Gasteiger partial charge in [0.15, 0.2) is 5.82 Å². The number of halogens is 3. The average molecular weight is 460 g/mol. The molecule has 0 saturated carbocycles. The van der Waals surface area contributed by atoms with Crippen molar-refractivity contribution in [1.82, 2.24) is 20.2 Å². The molecule has 2 fully saturated rings. The maximum Gasteiger partial charge on any atom is 0.490 e. The van der Waals surface area contributed by atoms with Crippen molar-refractivity contribution in [3.8, 4) is 0 Å². The molecule has 2 aromatic rings. The molecule has 168 valence electrons. The SMILES string of the molecule is Cc1nnc(N2CC[C@H]3C[C@H](C(=O)Nc4cnccn4)O[C@@H]3C2)s1.O=C(O)C(F)(F)F. The van der Waals surface area contributed by atoms with Crippen LogP contribution in [0.25, 0.3) is 0 Å². The van der Waals surface area contributed by atoms with Crippen molar-refractivity contribution >= 4 is 34.2 Å². The summed E-state index contributed by atoms with van der Waals surface area (Å²) in [5.74, 6) is -2.05. The summed E-state index contributed by atoms with van der Waals surface area (Å²) in [6.07, 6.45) is 0.934. The largest absolute Gasteiger partial charge is 0.490 e. The van der Waals surface area contributed by atoms with Gasteiger partial charge < -0.3 is 20.1 Å². The number of nitrogens with one attached hydrogen (secondary N) is 1. The Balaban J connectivity index is 0.000000339. The third kappa shape index (κ3) is 6.07. The van der Waals surface area contributed by atoms with Gasteiger partial charge in [0.2, 0.25) is 5.13 Å². The number of carbonyl (C=O) groups excluding carboxylic acids is 1. The minimum Gasteiger partial charge on any atom is -0.475 e. The summed E-state index contributed by atoms with van der Waals surface area (Å²) >= 11 is 1.59. The summed E-state index contributed by atoms with van der Waals surface area (Å²) in [6.45, 7) is 3.64. The molecule has 0 aliphatic carbocycles. The summed E-state index contributed by atoms with van der Waals surface area (Å²) in [6, 6.07) is 0. The van der Waals surface area contributed by atoms with E-state index in [4.69, 9.17) is 14.6 Å². The zero-order valence-electron chi connectivity index (χ0n) is 16.2. The van der Waals surface area contributed by atoms with Crippen LogP contribution in [0.1, 0.15) is 17.8 Å². The number of carboxylic acid groups (broad SMARTS) is 1. The van der Waals surface area contributed by atoms with Gasteiger partial charge in [-0.25, -0.2) is 9.78 Å². The van der Waals surface area contributed by atoms with Gasteiger partial charge in [-0.2, -0.15) is 13.2 Å². The number of carbonyl (C=O) groups is 2. The van der Waals surface area contributed by atoms with Crippen LogP contribution < -0.4 is 10.2 Å². The number of nitrogens with zero attached hydrogens (tertiary/aromatic N) is 5. The Labute approximate surface area is 178 Å². The van der Waals surface area contributed by atoms with Gasteiger partial charge in [-0.15, -0.1) is 10.2 Å². The van der Waals surface area contributed by atoms with Crippen LogP contribution in [0, 0.1) is 12.8 Å². The maximum atomic E-state index is 12.4. The average Bonchev–Trinajstić information content (AvgIpc) is 3.34. The fourth-order valence-electron chi connectivity index (χ4n) is 3.26. The Morgan fingerprint density at radius 3 is 2.65 bits per heavy atom. The van der Waals surface area contributed by atoms with E-state index in [9.17, 15) is 18.0 Å². The fraction of sp³-hybridized carbons (Fsp3) is 0.529. The number of piperidine rings is 1. The number of aryl methyl sites for hydroxylation is 1. The third-order valence-corrected chi connectivity index (χ3v) is 5.59. The van der Waals surface area contributed by atoms with E-state index in [1.165, 1.54) is 6.20 Å². The van der Waals surface area contributed by atoms with Gasteiger partial charge in [0, 0.05) is 25.5 Å². The van der Waals surface area contributed by atoms with Gasteiger partial charge in [0.25, 0.3) is 5.91 Å². The number of amides is 1. The molecule has 14 heteroatoms. The van der Waals surface area contributed by atoms with Crippen molar-refractivity contribution in [3.05, 3.63) is 23.6 Å². The van der Waals surface area contributed by atoms with Gasteiger partial charge in [0.05, 0.1) is 12.3 Å². The second kappa shape index (κ2) is 9.51. The molecule has 31 heavy (non-hydrogen) atoms. The molecule has 2 N–H and O–H groups in total. The first kappa shape index (κ1) is 22.8. The fourth-order valence-corrected chi connectivity index (χ4v) is 3.98. The van der Waals surface area contributed by atoms with E-state index in [-0.39, 0.29) is 12.0 Å². The standard InChI is InChI=1S/C15H18N6O2S.C2HF3O2/c1-9-19-20-15(24-9)21-5-2-10-6-11(23-12(10)8-21)14(22)18-13-7-16-3-4-17-13;3-2(4,5)1(6)7/h3-4,7,10-12H,2,5-6,8H2,1H3,(H,17,18,22);(H,6,7)/t10-,11+,12+;/m0./s1. The molecule has 0 bridgehead atoms. The van der Waals surface area contributed by atoms with Crippen LogP contribution in [0.2, 0.25) is 0 Å². The molecule has 2 saturated heterocycles. The highest BCUT2D eigenvalue weighted by Crippen LogP contribution is 2.35. The molecular weight excluding hydrogens is 441 g/mol. The number of ether oxygens (including phenoxy) is 1. The van der Waals surface area contributed by atoms with Crippen molar-refractivity contribution < 1.29 is 32.6 Å². The van der Waals surface area contributed by atoms with E-state index in [1.54, 1.807) is 23.7 Å². The summed E-state index contributed by atoms with van der Waals surface area (Å²) in [5, 5.41) is 20.1. The lowest BCUT2D eigenvalue weighted by Gasteiger charge is -2.33. The lowest BCUT2D eigenvalue weighted by molar-refractivity contribution is -0.192. The van der Waals surface area contributed by atoms with Crippen molar-refractivity contribution in [2.45, 2.75) is 38.1 Å². The van der Waals surface area contributed by atoms with Gasteiger partial charge in [-0.3, -0.25) is 9.78 Å². The minimum absolute atomic E-state index is 0.0561. The van der Waals surface area contributed by atoms with Crippen LogP contribution in [0.4, 0.5) is 24.1 Å². The van der Waals surface area contributed by atoms with Crippen LogP contribution >= 0.6 is 11.3 Å². The second-order valence-electron chi connectivity index (χ2n) is 6.88. The maximum absolute atomic E-state index is 12.4. The van der Waals surface area contributed by atoms with E-state index >= 15 is 0 Å². The Morgan fingerprint density at radius 2 is 2.06 bits per heavy atom. The van der Waals surface area contributed by atoms with E-state index in [0.717, 1.165) is 36.1 Å². The molecule has 2 aliphatic heterocycles. The molecule has 0 spiro atoms. The molecule has 10 nitrogen and oxygen atoms in total. The molecule has 0 unspecified atom stereocenters. The molecular formula is C17H19F3N6O4S. The number of hydrogen-bond donors (Lipinski definition) is 2. The normalized spacial score (nSPS) is 22.8. The highest BCUT2D eigenvalue weighted by Gasteiger charge is 2.42. The highest BCUT2D eigenvalue weighted by atomic mass is 32.1. The van der Waals surface area contributed by atoms with E-state index in [1.807, 2.05) is 6.92 Å². The first-order valence-electron chi connectivity index (χ1n) is 9.21. The van der Waals surface area contributed by atoms with Gasteiger partial charge >= 0.3 is 12.1 Å². The van der Waals surface area contributed by atoms with Crippen molar-refractivity contribution in [1.29, 1.82) is 0 Å². The van der Waals surface area contributed by atoms with Crippen molar-refractivity contribution in [3.63, 3.8) is 0 Å². The van der Waals surface area contributed by atoms with Crippen LogP contribution in [-0.4, -0.2) is 68.6 Å². The summed E-state index contributed by atoms with van der Waals surface area (Å²) < 4.78 is 37.7. The van der Waals surface area contributed by atoms with Crippen molar-refractivity contribution in [2.75, 3.05) is 23.3 Å². The molecule has 3 atom stereocenters. The number of fused-ring (bicyclic) bond motifs is 1. The summed E-state index contributed by atoms with van der Waals surface area (Å²) in [4.78, 5) is 31.5. The first-order chi connectivity index (χ1) is 14.6. The van der Waals surface area contributed by atoms with Gasteiger partial charge in [-0.1, -0.05) is 11.3 Å². The Hall–Kier alpha value is -2.87. The van der Waals surface area contributed by atoms with Crippen LogP contribution in [0.5, 0.6) is 0 Å². The monoisotopic (exact) mass is 460 g/mol. The van der Waals surface area contributed by atoms with E-state index < -0.39 is 18.2 Å². The number of aromatic nitrogens is 4. The minimum atomic E-state index is -5.08. The van der Waals surface area contributed by atoms with Crippen LogP contribution in [-0.2, 0) is 14.3 Å². The Kier molecular flexibility index (Phi) is 7.00. The summed E-state index contributed by atoms with van der Waals surface area (Å²) in [5.41, 5.74) is 0.